The fraction of sp³-hybridized carbons (Fsp3) is 0.783. The van der Waals surface area contributed by atoms with Gasteiger partial charge in [-0.1, -0.05) is 33.8 Å². The third kappa shape index (κ3) is 8.94. The van der Waals surface area contributed by atoms with Gasteiger partial charge in [0.1, 0.15) is 0 Å². The van der Waals surface area contributed by atoms with Crippen molar-refractivity contribution in [2.45, 2.75) is 91.6 Å². The van der Waals surface area contributed by atoms with Gasteiger partial charge in [0.15, 0.2) is 8.32 Å². The number of hydrogen-bond donors (Lipinski definition) is 0. The molecule has 5 heteroatoms. The molecule has 0 heterocycles. The molecule has 3 atom stereocenters. The SMILES string of the molecule is C#CC[C@@H](C)[C@H](OCCCOC(=O)C(C)(C)C)C(C=C)O[Si](C)(C)C(C)(C)C. The molecule has 0 aliphatic carbocycles. The van der Waals surface area contributed by atoms with E-state index in [-0.39, 0.29) is 29.1 Å². The molecule has 0 amide bonds. The summed E-state index contributed by atoms with van der Waals surface area (Å²) in [6.07, 6.45) is 8.20. The summed E-state index contributed by atoms with van der Waals surface area (Å²) >= 11 is 0. The number of terminal acetylenes is 1. The number of carbonyl (C=O) groups is 1. The lowest BCUT2D eigenvalue weighted by Crippen LogP contribution is -2.48. The van der Waals surface area contributed by atoms with E-state index in [9.17, 15) is 4.79 Å². The molecular formula is C23H42O4Si. The Hall–Kier alpha value is -1.09. The van der Waals surface area contributed by atoms with Crippen LogP contribution in [0.25, 0.3) is 0 Å². The molecule has 28 heavy (non-hydrogen) atoms. The lowest BCUT2D eigenvalue weighted by atomic mass is 9.96. The molecule has 0 N–H and O–H groups in total. The second kappa shape index (κ2) is 11.2. The summed E-state index contributed by atoms with van der Waals surface area (Å²) in [4.78, 5) is 11.8. The highest BCUT2D eigenvalue weighted by Gasteiger charge is 2.41. The van der Waals surface area contributed by atoms with Crippen LogP contribution < -0.4 is 0 Å². The maximum atomic E-state index is 11.8. The molecule has 162 valence electrons. The first kappa shape index (κ1) is 26.9. The molecule has 0 aliphatic rings. The quantitative estimate of drug-likeness (QED) is 0.146. The largest absolute Gasteiger partial charge is 0.465 e. The molecule has 0 radical (unpaired) electrons. The van der Waals surface area contributed by atoms with Gasteiger partial charge in [0, 0.05) is 12.8 Å². The molecule has 0 aromatic heterocycles. The molecule has 4 nitrogen and oxygen atoms in total. The Balaban J connectivity index is 4.96. The van der Waals surface area contributed by atoms with Crippen molar-refractivity contribution in [1.29, 1.82) is 0 Å². The molecule has 0 aromatic carbocycles. The van der Waals surface area contributed by atoms with Crippen LogP contribution in [0.15, 0.2) is 12.7 Å². The van der Waals surface area contributed by atoms with Gasteiger partial charge in [-0.05, 0) is 44.8 Å². The monoisotopic (exact) mass is 410 g/mol. The fourth-order valence-electron chi connectivity index (χ4n) is 2.31. The smallest absolute Gasteiger partial charge is 0.311 e. The van der Waals surface area contributed by atoms with Crippen LogP contribution in [0.1, 0.15) is 61.3 Å². The summed E-state index contributed by atoms with van der Waals surface area (Å²) < 4.78 is 18.1. The molecule has 0 aromatic rings. The van der Waals surface area contributed by atoms with E-state index in [1.165, 1.54) is 0 Å². The van der Waals surface area contributed by atoms with E-state index in [0.717, 1.165) is 0 Å². The first-order valence-corrected chi connectivity index (χ1v) is 13.1. The number of hydrogen-bond acceptors (Lipinski definition) is 4. The average Bonchev–Trinajstić information content (AvgIpc) is 2.54. The van der Waals surface area contributed by atoms with Gasteiger partial charge in [-0.15, -0.1) is 18.9 Å². The Morgan fingerprint density at radius 2 is 1.75 bits per heavy atom. The fourth-order valence-corrected chi connectivity index (χ4v) is 3.58. The van der Waals surface area contributed by atoms with Crippen LogP contribution in [0.4, 0.5) is 0 Å². The second-order valence-electron chi connectivity index (χ2n) is 10.0. The Morgan fingerprint density at radius 3 is 2.18 bits per heavy atom. The van der Waals surface area contributed by atoms with E-state index < -0.39 is 13.7 Å². The van der Waals surface area contributed by atoms with Gasteiger partial charge in [-0.2, -0.15) is 0 Å². The Bertz CT molecular complexity index is 534. The van der Waals surface area contributed by atoms with Gasteiger partial charge >= 0.3 is 5.97 Å². The Labute approximate surface area is 174 Å². The summed E-state index contributed by atoms with van der Waals surface area (Å²) in [7, 11) is -1.98. The molecule has 0 bridgehead atoms. The lowest BCUT2D eigenvalue weighted by molar-refractivity contribution is -0.153. The molecule has 0 aliphatic heterocycles. The van der Waals surface area contributed by atoms with Crippen molar-refractivity contribution in [1.82, 2.24) is 0 Å². The standard InChI is InChI=1S/C23H42O4Si/c1-12-15-18(3)20(19(13-2)27-28(10,11)23(7,8)9)25-16-14-17-26-21(24)22(4,5)6/h1,13,18-20H,2,14-17H2,3-11H3/t18-,19?,20+/m1/s1. The van der Waals surface area contributed by atoms with Crippen LogP contribution in [0, 0.1) is 23.7 Å². The number of carbonyl (C=O) groups excluding carboxylic acids is 1. The lowest BCUT2D eigenvalue weighted by Gasteiger charge is -2.41. The molecule has 0 spiro atoms. The minimum Gasteiger partial charge on any atom is -0.465 e. The van der Waals surface area contributed by atoms with E-state index in [1.807, 2.05) is 26.8 Å². The van der Waals surface area contributed by atoms with E-state index >= 15 is 0 Å². The van der Waals surface area contributed by atoms with Gasteiger partial charge in [0.25, 0.3) is 0 Å². The Morgan fingerprint density at radius 1 is 1.18 bits per heavy atom. The number of ether oxygens (including phenoxy) is 2. The zero-order chi connectivity index (χ0) is 22.2. The zero-order valence-electron chi connectivity index (χ0n) is 19.6. The molecule has 1 unspecified atom stereocenters. The van der Waals surface area contributed by atoms with E-state index in [4.69, 9.17) is 20.3 Å². The van der Waals surface area contributed by atoms with Crippen molar-refractivity contribution in [2.24, 2.45) is 11.3 Å². The highest BCUT2D eigenvalue weighted by Crippen LogP contribution is 2.38. The minimum atomic E-state index is -1.98. The second-order valence-corrected chi connectivity index (χ2v) is 14.8. The summed E-state index contributed by atoms with van der Waals surface area (Å²) in [6.45, 7) is 23.5. The molecular weight excluding hydrogens is 368 g/mol. The van der Waals surface area contributed by atoms with Gasteiger partial charge in [0.2, 0.25) is 0 Å². The highest BCUT2D eigenvalue weighted by atomic mass is 28.4. The van der Waals surface area contributed by atoms with Crippen molar-refractivity contribution < 1.29 is 18.7 Å². The summed E-state index contributed by atoms with van der Waals surface area (Å²) in [5, 5.41) is 0.0926. The van der Waals surface area contributed by atoms with Gasteiger partial charge in [-0.3, -0.25) is 4.79 Å². The molecule has 0 rings (SSSR count). The first-order chi connectivity index (χ1) is 12.7. The summed E-state index contributed by atoms with van der Waals surface area (Å²) in [5.74, 6) is 2.66. The third-order valence-electron chi connectivity index (χ3n) is 5.24. The van der Waals surface area contributed by atoms with Crippen LogP contribution in [-0.4, -0.2) is 39.7 Å². The van der Waals surface area contributed by atoms with Crippen LogP contribution in [0.5, 0.6) is 0 Å². The number of esters is 1. The van der Waals surface area contributed by atoms with Crippen molar-refractivity contribution in [2.75, 3.05) is 13.2 Å². The van der Waals surface area contributed by atoms with Crippen molar-refractivity contribution in [3.63, 3.8) is 0 Å². The molecule has 0 saturated carbocycles. The molecule has 0 fully saturated rings. The van der Waals surface area contributed by atoms with Crippen LogP contribution in [0.2, 0.25) is 18.1 Å². The predicted octanol–water partition coefficient (Wildman–Crippen LogP) is 5.59. The van der Waals surface area contributed by atoms with E-state index in [0.29, 0.717) is 26.1 Å². The van der Waals surface area contributed by atoms with Crippen LogP contribution in [-0.2, 0) is 18.7 Å². The van der Waals surface area contributed by atoms with Crippen LogP contribution in [0.3, 0.4) is 0 Å². The summed E-state index contributed by atoms with van der Waals surface area (Å²) in [5.41, 5.74) is -0.490. The maximum absolute atomic E-state index is 11.8. The maximum Gasteiger partial charge on any atom is 0.311 e. The van der Waals surface area contributed by atoms with Gasteiger partial charge in [-0.25, -0.2) is 0 Å². The van der Waals surface area contributed by atoms with Gasteiger partial charge in [0.05, 0.1) is 30.8 Å². The Kier molecular flexibility index (Phi) is 10.7. The zero-order valence-corrected chi connectivity index (χ0v) is 20.6. The highest BCUT2D eigenvalue weighted by molar-refractivity contribution is 6.74. The van der Waals surface area contributed by atoms with E-state index in [2.05, 4.69) is 53.3 Å². The van der Waals surface area contributed by atoms with E-state index in [1.54, 1.807) is 0 Å². The van der Waals surface area contributed by atoms with Crippen LogP contribution >= 0.6 is 0 Å². The average molecular weight is 411 g/mol. The van der Waals surface area contributed by atoms with Crippen molar-refractivity contribution in [3.8, 4) is 12.3 Å². The van der Waals surface area contributed by atoms with Crippen molar-refractivity contribution in [3.05, 3.63) is 12.7 Å². The molecule has 0 saturated heterocycles. The van der Waals surface area contributed by atoms with Crippen molar-refractivity contribution >= 4 is 14.3 Å². The van der Waals surface area contributed by atoms with Gasteiger partial charge < -0.3 is 13.9 Å². The third-order valence-corrected chi connectivity index (χ3v) is 9.71. The normalized spacial score (nSPS) is 16.0. The minimum absolute atomic E-state index is 0.0926. The number of rotatable bonds is 11. The predicted molar refractivity (Wildman–Crippen MR) is 120 cm³/mol. The summed E-state index contributed by atoms with van der Waals surface area (Å²) in [6, 6.07) is 0. The first-order valence-electron chi connectivity index (χ1n) is 10.2. The topological polar surface area (TPSA) is 44.8 Å².